The molecule has 0 saturated carbocycles. The molecule has 0 atom stereocenters. The van der Waals surface area contributed by atoms with Gasteiger partial charge in [0.05, 0.1) is 0 Å². The van der Waals surface area contributed by atoms with Gasteiger partial charge < -0.3 is 10.2 Å². The lowest BCUT2D eigenvalue weighted by atomic mass is 9.90. The largest absolute Gasteiger partial charge is 0.366 e. The van der Waals surface area contributed by atoms with Gasteiger partial charge in [-0.15, -0.1) is 0 Å². The summed E-state index contributed by atoms with van der Waals surface area (Å²) in [5.74, 6) is 2.48. The van der Waals surface area contributed by atoms with Crippen molar-refractivity contribution in [2.75, 3.05) is 23.3 Å². The molecule has 2 heterocycles. The Labute approximate surface area is 167 Å². The van der Waals surface area contributed by atoms with Crippen LogP contribution in [0.4, 0.5) is 11.8 Å². The van der Waals surface area contributed by atoms with Crippen molar-refractivity contribution in [1.82, 2.24) is 9.97 Å². The number of hydrogen-bond donors (Lipinski definition) is 1. The van der Waals surface area contributed by atoms with E-state index in [-0.39, 0.29) is 0 Å². The number of benzene rings is 2. The lowest BCUT2D eigenvalue weighted by Gasteiger charge is -2.32. The summed E-state index contributed by atoms with van der Waals surface area (Å²) in [6.07, 6.45) is 5.42. The molecule has 0 aliphatic carbocycles. The van der Waals surface area contributed by atoms with Gasteiger partial charge in [0.15, 0.2) is 0 Å². The fourth-order valence-corrected chi connectivity index (χ4v) is 3.78. The summed E-state index contributed by atoms with van der Waals surface area (Å²) in [6, 6.07) is 21.4. The lowest BCUT2D eigenvalue weighted by Crippen LogP contribution is -2.35. The fraction of sp³-hybridized carbons (Fsp3) is 0.333. The standard InChI is InChI=1S/C24H28N4/c1-19-7-9-22(10-8-19)18-26-23-11-14-25-24(27-23)28-15-12-21(13-16-28)17-20-5-3-2-4-6-20/h2-11,14,21H,12-13,15-18H2,1H3,(H,25,26,27). The highest BCUT2D eigenvalue weighted by Crippen LogP contribution is 2.24. The summed E-state index contributed by atoms with van der Waals surface area (Å²) in [4.78, 5) is 11.6. The summed E-state index contributed by atoms with van der Waals surface area (Å²) in [5, 5.41) is 3.42. The van der Waals surface area contributed by atoms with Crippen molar-refractivity contribution in [3.05, 3.63) is 83.6 Å². The van der Waals surface area contributed by atoms with Crippen molar-refractivity contribution < 1.29 is 0 Å². The third-order valence-corrected chi connectivity index (χ3v) is 5.50. The first-order valence-corrected chi connectivity index (χ1v) is 10.2. The zero-order chi connectivity index (χ0) is 19.2. The second-order valence-corrected chi connectivity index (χ2v) is 7.70. The molecule has 1 aromatic heterocycles. The van der Waals surface area contributed by atoms with Crippen LogP contribution in [0, 0.1) is 12.8 Å². The smallest absolute Gasteiger partial charge is 0.227 e. The zero-order valence-electron chi connectivity index (χ0n) is 16.5. The molecule has 1 fully saturated rings. The van der Waals surface area contributed by atoms with E-state index in [0.717, 1.165) is 37.3 Å². The van der Waals surface area contributed by atoms with Crippen LogP contribution in [-0.4, -0.2) is 23.1 Å². The maximum absolute atomic E-state index is 4.74. The molecule has 1 N–H and O–H groups in total. The molecule has 0 radical (unpaired) electrons. The van der Waals surface area contributed by atoms with Crippen molar-refractivity contribution in [1.29, 1.82) is 0 Å². The summed E-state index contributed by atoms with van der Waals surface area (Å²) in [7, 11) is 0. The summed E-state index contributed by atoms with van der Waals surface area (Å²) < 4.78 is 0. The lowest BCUT2D eigenvalue weighted by molar-refractivity contribution is 0.400. The van der Waals surface area contributed by atoms with Gasteiger partial charge in [-0.2, -0.15) is 4.98 Å². The minimum Gasteiger partial charge on any atom is -0.366 e. The van der Waals surface area contributed by atoms with E-state index in [0.29, 0.717) is 0 Å². The highest BCUT2D eigenvalue weighted by molar-refractivity contribution is 5.42. The van der Waals surface area contributed by atoms with E-state index in [1.54, 1.807) is 0 Å². The maximum Gasteiger partial charge on any atom is 0.227 e. The number of hydrogen-bond acceptors (Lipinski definition) is 4. The first-order valence-electron chi connectivity index (χ1n) is 10.2. The van der Waals surface area contributed by atoms with E-state index < -0.39 is 0 Å². The van der Waals surface area contributed by atoms with Crippen LogP contribution in [0.5, 0.6) is 0 Å². The van der Waals surface area contributed by atoms with E-state index in [2.05, 4.69) is 76.7 Å². The average molecular weight is 373 g/mol. The number of aromatic nitrogens is 2. The number of nitrogens with one attached hydrogen (secondary N) is 1. The molecule has 0 bridgehead atoms. The van der Waals surface area contributed by atoms with E-state index in [9.17, 15) is 0 Å². The van der Waals surface area contributed by atoms with Crippen LogP contribution >= 0.6 is 0 Å². The van der Waals surface area contributed by atoms with Gasteiger partial charge in [0.25, 0.3) is 0 Å². The number of rotatable bonds is 6. The molecule has 0 unspecified atom stereocenters. The minimum atomic E-state index is 0.751. The van der Waals surface area contributed by atoms with Gasteiger partial charge in [0.2, 0.25) is 5.95 Å². The molecular formula is C24H28N4. The van der Waals surface area contributed by atoms with Crippen molar-refractivity contribution in [2.24, 2.45) is 5.92 Å². The summed E-state index contributed by atoms with van der Waals surface area (Å²) >= 11 is 0. The van der Waals surface area contributed by atoms with Crippen LogP contribution in [-0.2, 0) is 13.0 Å². The van der Waals surface area contributed by atoms with Crippen molar-refractivity contribution in [3.8, 4) is 0 Å². The normalized spacial score (nSPS) is 14.8. The van der Waals surface area contributed by atoms with Crippen LogP contribution in [0.2, 0.25) is 0 Å². The van der Waals surface area contributed by atoms with Crippen molar-refractivity contribution >= 4 is 11.8 Å². The van der Waals surface area contributed by atoms with Gasteiger partial charge >= 0.3 is 0 Å². The third kappa shape index (κ3) is 4.89. The number of piperidine rings is 1. The molecule has 28 heavy (non-hydrogen) atoms. The van der Waals surface area contributed by atoms with Gasteiger partial charge in [0.1, 0.15) is 5.82 Å². The first-order chi connectivity index (χ1) is 13.8. The molecule has 4 rings (SSSR count). The molecule has 1 aliphatic heterocycles. The zero-order valence-corrected chi connectivity index (χ0v) is 16.5. The second kappa shape index (κ2) is 8.87. The Morgan fingerprint density at radius 1 is 0.929 bits per heavy atom. The summed E-state index contributed by atoms with van der Waals surface area (Å²) in [6.45, 7) is 4.94. The molecule has 1 saturated heterocycles. The van der Waals surface area contributed by atoms with Crippen LogP contribution in [0.25, 0.3) is 0 Å². The SMILES string of the molecule is Cc1ccc(CNc2ccnc(N3CCC(Cc4ccccc4)CC3)n2)cc1. The number of aryl methyl sites for hydroxylation is 1. The Morgan fingerprint density at radius 3 is 2.43 bits per heavy atom. The molecular weight excluding hydrogens is 344 g/mol. The van der Waals surface area contributed by atoms with Crippen molar-refractivity contribution in [3.63, 3.8) is 0 Å². The van der Waals surface area contributed by atoms with Gasteiger partial charge in [-0.05, 0) is 49.3 Å². The average Bonchev–Trinajstić information content (AvgIpc) is 2.75. The Morgan fingerprint density at radius 2 is 1.68 bits per heavy atom. The molecule has 4 heteroatoms. The Bertz CT molecular complexity index is 869. The van der Waals surface area contributed by atoms with Gasteiger partial charge in [-0.3, -0.25) is 0 Å². The summed E-state index contributed by atoms with van der Waals surface area (Å²) in [5.41, 5.74) is 3.98. The van der Waals surface area contributed by atoms with E-state index in [4.69, 9.17) is 4.98 Å². The Hall–Kier alpha value is -2.88. The quantitative estimate of drug-likeness (QED) is 0.671. The van der Waals surface area contributed by atoms with Crippen LogP contribution in [0.3, 0.4) is 0 Å². The molecule has 2 aromatic carbocycles. The predicted molar refractivity (Wildman–Crippen MR) is 116 cm³/mol. The third-order valence-electron chi connectivity index (χ3n) is 5.50. The van der Waals surface area contributed by atoms with Crippen molar-refractivity contribution in [2.45, 2.75) is 32.7 Å². The first kappa shape index (κ1) is 18.5. The molecule has 144 valence electrons. The van der Waals surface area contributed by atoms with E-state index in [1.807, 2.05) is 12.3 Å². The van der Waals surface area contributed by atoms with E-state index in [1.165, 1.54) is 36.0 Å². The van der Waals surface area contributed by atoms with E-state index >= 15 is 0 Å². The number of nitrogens with zero attached hydrogens (tertiary/aromatic N) is 3. The second-order valence-electron chi connectivity index (χ2n) is 7.70. The monoisotopic (exact) mass is 372 g/mol. The molecule has 1 aliphatic rings. The van der Waals surface area contributed by atoms with Crippen LogP contribution < -0.4 is 10.2 Å². The molecule has 0 spiro atoms. The fourth-order valence-electron chi connectivity index (χ4n) is 3.78. The highest BCUT2D eigenvalue weighted by Gasteiger charge is 2.21. The predicted octanol–water partition coefficient (Wildman–Crippen LogP) is 4.86. The molecule has 4 nitrogen and oxygen atoms in total. The highest BCUT2D eigenvalue weighted by atomic mass is 15.3. The van der Waals surface area contributed by atoms with Gasteiger partial charge in [0, 0.05) is 25.8 Å². The van der Waals surface area contributed by atoms with Crippen LogP contribution in [0.1, 0.15) is 29.5 Å². The van der Waals surface area contributed by atoms with Gasteiger partial charge in [-0.25, -0.2) is 4.98 Å². The Balaban J connectivity index is 1.31. The topological polar surface area (TPSA) is 41.1 Å². The Kier molecular flexibility index (Phi) is 5.86. The maximum atomic E-state index is 4.74. The minimum absolute atomic E-state index is 0.751. The molecule has 0 amide bonds. The molecule has 3 aromatic rings. The number of anilines is 2. The van der Waals surface area contributed by atoms with Crippen LogP contribution in [0.15, 0.2) is 66.9 Å². The van der Waals surface area contributed by atoms with Gasteiger partial charge in [-0.1, -0.05) is 60.2 Å².